The predicted molar refractivity (Wildman–Crippen MR) is 116 cm³/mol. The molecule has 0 saturated carbocycles. The number of hydrazine groups is 1. The normalized spacial score (nSPS) is 15.5. The number of aromatic amines is 1. The Morgan fingerprint density at radius 3 is 2.44 bits per heavy atom. The summed E-state index contributed by atoms with van der Waals surface area (Å²) in [6.45, 7) is 0.335. The van der Waals surface area contributed by atoms with Crippen LogP contribution >= 0.6 is 0 Å². The Hall–Kier alpha value is -3.24. The molecule has 4 rings (SSSR count). The fourth-order valence-corrected chi connectivity index (χ4v) is 5.31. The van der Waals surface area contributed by atoms with Gasteiger partial charge in [-0.2, -0.15) is 4.31 Å². The van der Waals surface area contributed by atoms with Crippen molar-refractivity contribution in [2.24, 2.45) is 5.92 Å². The molecule has 2 amide bonds. The number of fused-ring (bicyclic) bond motifs is 1. The highest BCUT2D eigenvalue weighted by molar-refractivity contribution is 7.89. The lowest BCUT2D eigenvalue weighted by Crippen LogP contribution is -2.48. The van der Waals surface area contributed by atoms with Gasteiger partial charge >= 0.3 is 0 Å². The van der Waals surface area contributed by atoms with Crippen molar-refractivity contribution >= 4 is 32.7 Å². The molecule has 2 aromatic carbocycles. The Bertz CT molecular complexity index is 1230. The number of para-hydroxylation sites is 1. The van der Waals surface area contributed by atoms with Crippen molar-refractivity contribution in [1.82, 2.24) is 20.1 Å². The number of piperidine rings is 1. The van der Waals surface area contributed by atoms with Gasteiger partial charge in [-0.25, -0.2) is 12.8 Å². The molecule has 10 heteroatoms. The van der Waals surface area contributed by atoms with Gasteiger partial charge in [0.2, 0.25) is 21.8 Å². The molecule has 1 aliphatic heterocycles. The number of benzene rings is 2. The number of nitrogens with one attached hydrogen (secondary N) is 3. The molecule has 168 valence electrons. The van der Waals surface area contributed by atoms with E-state index in [1.54, 1.807) is 6.20 Å². The molecule has 0 unspecified atom stereocenters. The smallest absolute Gasteiger partial charge is 0.243 e. The first-order chi connectivity index (χ1) is 15.3. The molecular weight excluding hydrogens is 435 g/mol. The van der Waals surface area contributed by atoms with E-state index in [4.69, 9.17) is 0 Å². The molecule has 8 nitrogen and oxygen atoms in total. The van der Waals surface area contributed by atoms with Crippen molar-refractivity contribution in [3.05, 3.63) is 66.1 Å². The number of carbonyl (C=O) groups excluding carboxylic acids is 2. The topological polar surface area (TPSA) is 111 Å². The van der Waals surface area contributed by atoms with Crippen LogP contribution < -0.4 is 10.9 Å². The van der Waals surface area contributed by atoms with E-state index < -0.39 is 21.8 Å². The minimum absolute atomic E-state index is 0.0198. The van der Waals surface area contributed by atoms with Crippen LogP contribution in [-0.2, 0) is 26.0 Å². The van der Waals surface area contributed by atoms with Crippen LogP contribution in [0.3, 0.4) is 0 Å². The highest BCUT2D eigenvalue weighted by Gasteiger charge is 2.32. The summed E-state index contributed by atoms with van der Waals surface area (Å²) in [5, 5.41) is 0.948. The maximum Gasteiger partial charge on any atom is 0.243 e. The molecule has 0 radical (unpaired) electrons. The lowest BCUT2D eigenvalue weighted by molar-refractivity contribution is -0.131. The second-order valence-corrected chi connectivity index (χ2v) is 9.64. The Labute approximate surface area is 184 Å². The van der Waals surface area contributed by atoms with Gasteiger partial charge in [-0.3, -0.25) is 20.4 Å². The third kappa shape index (κ3) is 4.66. The first kappa shape index (κ1) is 22.0. The highest BCUT2D eigenvalue weighted by Crippen LogP contribution is 2.24. The molecule has 1 fully saturated rings. The summed E-state index contributed by atoms with van der Waals surface area (Å²) in [6.07, 6.45) is 2.52. The molecule has 3 aromatic rings. The van der Waals surface area contributed by atoms with Crippen LogP contribution in [0.5, 0.6) is 0 Å². The third-order valence-electron chi connectivity index (χ3n) is 5.63. The van der Waals surface area contributed by atoms with Gasteiger partial charge in [-0.1, -0.05) is 18.2 Å². The molecule has 1 aliphatic rings. The molecule has 0 atom stereocenters. The van der Waals surface area contributed by atoms with Crippen LogP contribution in [-0.4, -0.2) is 42.6 Å². The summed E-state index contributed by atoms with van der Waals surface area (Å²) >= 11 is 0. The average molecular weight is 459 g/mol. The number of amides is 2. The number of rotatable bonds is 5. The Morgan fingerprint density at radius 1 is 1.03 bits per heavy atom. The van der Waals surface area contributed by atoms with Crippen LogP contribution in [0.1, 0.15) is 18.4 Å². The summed E-state index contributed by atoms with van der Waals surface area (Å²) < 4.78 is 39.7. The number of hydrogen-bond acceptors (Lipinski definition) is 4. The molecule has 32 heavy (non-hydrogen) atoms. The number of halogens is 1. The largest absolute Gasteiger partial charge is 0.361 e. The van der Waals surface area contributed by atoms with Crippen LogP contribution in [0.15, 0.2) is 59.6 Å². The van der Waals surface area contributed by atoms with Gasteiger partial charge in [0.1, 0.15) is 5.82 Å². The third-order valence-corrected chi connectivity index (χ3v) is 7.54. The van der Waals surface area contributed by atoms with Crippen molar-refractivity contribution in [1.29, 1.82) is 0 Å². The molecule has 0 aliphatic carbocycles. The average Bonchev–Trinajstić information content (AvgIpc) is 3.20. The quantitative estimate of drug-likeness (QED) is 0.509. The van der Waals surface area contributed by atoms with Crippen molar-refractivity contribution in [2.75, 3.05) is 13.1 Å². The molecular formula is C22H23FN4O4S. The van der Waals surface area contributed by atoms with Gasteiger partial charge in [-0.05, 0) is 48.7 Å². The van der Waals surface area contributed by atoms with Gasteiger partial charge < -0.3 is 4.98 Å². The standard InChI is InChI=1S/C22H23FN4O4S/c23-17-5-7-18(8-6-17)32(30,31)27-11-9-15(10-12-27)22(29)26-25-21(28)13-16-14-24-20-4-2-1-3-19(16)20/h1-8,14-15,24H,9-13H2,(H,25,28)(H,26,29). The monoisotopic (exact) mass is 458 g/mol. The van der Waals surface area contributed by atoms with Crippen LogP contribution in [0.25, 0.3) is 10.9 Å². The van der Waals surface area contributed by atoms with Gasteiger partial charge in [0.15, 0.2) is 0 Å². The molecule has 3 N–H and O–H groups in total. The van der Waals surface area contributed by atoms with E-state index in [0.29, 0.717) is 12.8 Å². The Balaban J connectivity index is 1.27. The zero-order valence-electron chi connectivity index (χ0n) is 17.2. The fraction of sp³-hybridized carbons (Fsp3) is 0.273. The Morgan fingerprint density at radius 2 is 1.72 bits per heavy atom. The number of aromatic nitrogens is 1. The number of carbonyl (C=O) groups is 2. The number of hydrogen-bond donors (Lipinski definition) is 3. The fourth-order valence-electron chi connectivity index (χ4n) is 3.84. The molecule has 2 heterocycles. The number of H-pyrrole nitrogens is 1. The lowest BCUT2D eigenvalue weighted by Gasteiger charge is -2.30. The maximum atomic E-state index is 13.1. The van der Waals surface area contributed by atoms with Crippen molar-refractivity contribution in [3.63, 3.8) is 0 Å². The minimum atomic E-state index is -3.74. The van der Waals surface area contributed by atoms with Gasteiger partial charge in [0.05, 0.1) is 11.3 Å². The van der Waals surface area contributed by atoms with E-state index in [2.05, 4.69) is 15.8 Å². The first-order valence-electron chi connectivity index (χ1n) is 10.2. The summed E-state index contributed by atoms with van der Waals surface area (Å²) in [6, 6.07) is 12.3. The second-order valence-electron chi connectivity index (χ2n) is 7.71. The van der Waals surface area contributed by atoms with Gasteiger partial charge in [-0.15, -0.1) is 0 Å². The molecule has 0 spiro atoms. The number of sulfonamides is 1. The summed E-state index contributed by atoms with van der Waals surface area (Å²) in [5.74, 6) is -1.62. The summed E-state index contributed by atoms with van der Waals surface area (Å²) in [5.41, 5.74) is 6.64. The second kappa shape index (κ2) is 9.09. The molecule has 0 bridgehead atoms. The first-order valence-corrected chi connectivity index (χ1v) is 11.7. The van der Waals surface area contributed by atoms with E-state index in [1.165, 1.54) is 16.4 Å². The van der Waals surface area contributed by atoms with Crippen LogP contribution in [0, 0.1) is 11.7 Å². The summed E-state index contributed by atoms with van der Waals surface area (Å²) in [4.78, 5) is 27.8. The molecule has 1 aromatic heterocycles. The van der Waals surface area contributed by atoms with Crippen LogP contribution in [0.2, 0.25) is 0 Å². The SMILES string of the molecule is O=C(Cc1c[nH]c2ccccc12)NNC(=O)C1CCN(S(=O)(=O)c2ccc(F)cc2)CC1. The van der Waals surface area contributed by atoms with Crippen molar-refractivity contribution in [3.8, 4) is 0 Å². The lowest BCUT2D eigenvalue weighted by atomic mass is 9.98. The minimum Gasteiger partial charge on any atom is -0.361 e. The molecule has 1 saturated heterocycles. The maximum absolute atomic E-state index is 13.1. The van der Waals surface area contributed by atoms with Crippen molar-refractivity contribution in [2.45, 2.75) is 24.2 Å². The predicted octanol–water partition coefficient (Wildman–Crippen LogP) is 2.10. The van der Waals surface area contributed by atoms with E-state index >= 15 is 0 Å². The van der Waals surface area contributed by atoms with E-state index in [0.717, 1.165) is 28.6 Å². The summed E-state index contributed by atoms with van der Waals surface area (Å²) in [7, 11) is -3.74. The van der Waals surface area contributed by atoms with Gasteiger partial charge in [0.25, 0.3) is 0 Å². The van der Waals surface area contributed by atoms with Crippen molar-refractivity contribution < 1.29 is 22.4 Å². The highest BCUT2D eigenvalue weighted by atomic mass is 32.2. The zero-order chi connectivity index (χ0) is 22.7. The van der Waals surface area contributed by atoms with Gasteiger partial charge in [0, 0.05) is 36.1 Å². The van der Waals surface area contributed by atoms with E-state index in [-0.39, 0.29) is 36.2 Å². The van der Waals surface area contributed by atoms with Crippen LogP contribution in [0.4, 0.5) is 4.39 Å². The Kier molecular flexibility index (Phi) is 6.24. The zero-order valence-corrected chi connectivity index (χ0v) is 18.0. The number of nitrogens with zero attached hydrogens (tertiary/aromatic N) is 1. The van der Waals surface area contributed by atoms with E-state index in [1.807, 2.05) is 24.3 Å². The van der Waals surface area contributed by atoms with E-state index in [9.17, 15) is 22.4 Å².